The fraction of sp³-hybridized carbons (Fsp3) is 0. The van der Waals surface area contributed by atoms with E-state index in [0.29, 0.717) is 0 Å². The lowest BCUT2D eigenvalue weighted by atomic mass is 9.83. The van der Waals surface area contributed by atoms with Crippen molar-refractivity contribution in [3.8, 4) is 44.5 Å². The van der Waals surface area contributed by atoms with Crippen LogP contribution in [0.5, 0.6) is 0 Å². The van der Waals surface area contributed by atoms with E-state index in [1.807, 2.05) is 0 Å². The molecule has 0 heterocycles. The number of hydrogen-bond donors (Lipinski definition) is 0. The molecule has 0 unspecified atom stereocenters. The van der Waals surface area contributed by atoms with Gasteiger partial charge in [0.1, 0.15) is 0 Å². The van der Waals surface area contributed by atoms with Gasteiger partial charge in [0.25, 0.3) is 0 Å². The molecule has 0 amide bonds. The highest BCUT2D eigenvalue weighted by atomic mass is 14.2. The first-order chi connectivity index (χ1) is 28.8. The molecule has 0 radical (unpaired) electrons. The maximum atomic E-state index is 2.47. The van der Waals surface area contributed by atoms with Crippen LogP contribution < -0.4 is 0 Å². The molecule has 0 aliphatic heterocycles. The first-order valence-electron chi connectivity index (χ1n) is 20.2. The number of fused-ring (bicyclic) bond motifs is 11. The van der Waals surface area contributed by atoms with Crippen LogP contribution in [-0.4, -0.2) is 0 Å². The fourth-order valence-electron chi connectivity index (χ4n) is 9.88. The van der Waals surface area contributed by atoms with Gasteiger partial charge in [-0.2, -0.15) is 0 Å². The molecule has 0 saturated heterocycles. The molecular weight excluding hydrogens is 697 g/mol. The molecule has 268 valence electrons. The molecule has 0 heteroatoms. The molecule has 0 aliphatic carbocycles. The summed E-state index contributed by atoms with van der Waals surface area (Å²) in [7, 11) is 0. The molecular formula is C58H36. The summed E-state index contributed by atoms with van der Waals surface area (Å²) in [6.45, 7) is 0. The van der Waals surface area contributed by atoms with E-state index in [4.69, 9.17) is 0 Å². The van der Waals surface area contributed by atoms with Crippen molar-refractivity contribution >= 4 is 75.4 Å². The van der Waals surface area contributed by atoms with Crippen LogP contribution in [0.1, 0.15) is 0 Å². The third kappa shape index (κ3) is 4.95. The molecule has 12 aromatic rings. The zero-order valence-electron chi connectivity index (χ0n) is 31.8. The van der Waals surface area contributed by atoms with Gasteiger partial charge in [0.2, 0.25) is 0 Å². The third-order valence-electron chi connectivity index (χ3n) is 12.4. The topological polar surface area (TPSA) is 0 Å². The first-order valence-corrected chi connectivity index (χ1v) is 20.2. The molecule has 12 rings (SSSR count). The SMILES string of the molecule is c1ccc(-c2c3ccccc3c(-c3ccc(-c4cc5ccccc5c5ccccc45)c(-c4ccc5c6ccccc6c6ccccc6c5c4)c3)c3ccccc23)cc1. The number of rotatable bonds is 4. The highest BCUT2D eigenvalue weighted by Gasteiger charge is 2.20. The maximum Gasteiger partial charge on any atom is -0.00261 e. The third-order valence-corrected chi connectivity index (χ3v) is 12.4. The Bertz CT molecular complexity index is 3520. The summed E-state index contributed by atoms with van der Waals surface area (Å²) >= 11 is 0. The molecule has 0 aromatic heterocycles. The quantitative estimate of drug-likeness (QED) is 0.125. The fourth-order valence-corrected chi connectivity index (χ4v) is 9.88. The number of hydrogen-bond acceptors (Lipinski definition) is 0. The molecule has 0 N–H and O–H groups in total. The maximum absolute atomic E-state index is 2.47. The Morgan fingerprint density at radius 3 is 1.17 bits per heavy atom. The van der Waals surface area contributed by atoms with Crippen LogP contribution in [0.4, 0.5) is 0 Å². The summed E-state index contributed by atoms with van der Waals surface area (Å²) in [5, 5.41) is 17.8. The summed E-state index contributed by atoms with van der Waals surface area (Å²) in [5.41, 5.74) is 9.88. The Labute approximate surface area is 336 Å². The monoisotopic (exact) mass is 732 g/mol. The average molecular weight is 733 g/mol. The highest BCUT2D eigenvalue weighted by Crippen LogP contribution is 2.47. The van der Waals surface area contributed by atoms with Crippen molar-refractivity contribution in [3.63, 3.8) is 0 Å². The molecule has 0 fully saturated rings. The van der Waals surface area contributed by atoms with Crippen molar-refractivity contribution in [1.82, 2.24) is 0 Å². The predicted molar refractivity (Wildman–Crippen MR) is 251 cm³/mol. The van der Waals surface area contributed by atoms with Gasteiger partial charge in [0.05, 0.1) is 0 Å². The van der Waals surface area contributed by atoms with Crippen molar-refractivity contribution in [3.05, 3.63) is 218 Å². The molecule has 58 heavy (non-hydrogen) atoms. The highest BCUT2D eigenvalue weighted by molar-refractivity contribution is 6.26. The molecule has 0 bridgehead atoms. The predicted octanol–water partition coefficient (Wildman–Crippen LogP) is 16.4. The second-order valence-corrected chi connectivity index (χ2v) is 15.5. The molecule has 0 saturated carbocycles. The Balaban J connectivity index is 1.20. The van der Waals surface area contributed by atoms with Crippen LogP contribution >= 0.6 is 0 Å². The van der Waals surface area contributed by atoms with Crippen LogP contribution in [0.25, 0.3) is 120 Å². The van der Waals surface area contributed by atoms with E-state index in [1.165, 1.54) is 120 Å². The van der Waals surface area contributed by atoms with Crippen molar-refractivity contribution in [2.75, 3.05) is 0 Å². The van der Waals surface area contributed by atoms with Gasteiger partial charge in [-0.3, -0.25) is 0 Å². The molecule has 0 nitrogen and oxygen atoms in total. The van der Waals surface area contributed by atoms with Crippen molar-refractivity contribution in [2.24, 2.45) is 0 Å². The van der Waals surface area contributed by atoms with Crippen molar-refractivity contribution in [1.29, 1.82) is 0 Å². The van der Waals surface area contributed by atoms with Crippen LogP contribution in [-0.2, 0) is 0 Å². The Kier molecular flexibility index (Phi) is 7.33. The van der Waals surface area contributed by atoms with E-state index < -0.39 is 0 Å². The van der Waals surface area contributed by atoms with Gasteiger partial charge < -0.3 is 0 Å². The summed E-state index contributed by atoms with van der Waals surface area (Å²) in [6.07, 6.45) is 0. The van der Waals surface area contributed by atoms with E-state index >= 15 is 0 Å². The minimum atomic E-state index is 1.21. The van der Waals surface area contributed by atoms with E-state index in [0.717, 1.165) is 0 Å². The Morgan fingerprint density at radius 1 is 0.172 bits per heavy atom. The van der Waals surface area contributed by atoms with Gasteiger partial charge >= 0.3 is 0 Å². The Morgan fingerprint density at radius 2 is 0.586 bits per heavy atom. The summed E-state index contributed by atoms with van der Waals surface area (Å²) in [4.78, 5) is 0. The lowest BCUT2D eigenvalue weighted by Crippen LogP contribution is -1.93. The minimum absolute atomic E-state index is 1.21. The zero-order valence-corrected chi connectivity index (χ0v) is 31.8. The normalized spacial score (nSPS) is 11.8. The first kappa shape index (κ1) is 32.7. The van der Waals surface area contributed by atoms with Crippen molar-refractivity contribution < 1.29 is 0 Å². The molecule has 0 atom stereocenters. The minimum Gasteiger partial charge on any atom is -0.0622 e. The van der Waals surface area contributed by atoms with Crippen LogP contribution in [0.2, 0.25) is 0 Å². The van der Waals surface area contributed by atoms with Gasteiger partial charge in [-0.05, 0) is 138 Å². The zero-order chi connectivity index (χ0) is 38.2. The van der Waals surface area contributed by atoms with Crippen LogP contribution in [0, 0.1) is 0 Å². The lowest BCUT2D eigenvalue weighted by molar-refractivity contribution is 1.61. The van der Waals surface area contributed by atoms with Crippen LogP contribution in [0.15, 0.2) is 218 Å². The van der Waals surface area contributed by atoms with E-state index in [-0.39, 0.29) is 0 Å². The number of benzene rings is 12. The smallest absolute Gasteiger partial charge is 0.00261 e. The van der Waals surface area contributed by atoms with Gasteiger partial charge in [0, 0.05) is 0 Å². The second kappa shape index (κ2) is 13.0. The Hall–Kier alpha value is -7.54. The van der Waals surface area contributed by atoms with Crippen LogP contribution in [0.3, 0.4) is 0 Å². The van der Waals surface area contributed by atoms with E-state index in [9.17, 15) is 0 Å². The largest absolute Gasteiger partial charge is 0.0622 e. The lowest BCUT2D eigenvalue weighted by Gasteiger charge is -2.20. The van der Waals surface area contributed by atoms with Crippen molar-refractivity contribution in [2.45, 2.75) is 0 Å². The standard InChI is InChI=1S/C58H36/c1-2-16-37(17-3-1)57-50-26-12-14-28-52(50)58(53-29-15-13-27-51(53)57)40-31-33-49(56-34-38-18-4-5-19-41(38)42-20-6-10-24-46(42)56)54(36-40)39-30-32-48-45-23-8-7-21-43(45)44-22-9-11-25-47(44)55(48)35-39/h1-36H. The van der Waals surface area contributed by atoms with E-state index in [2.05, 4.69) is 218 Å². The van der Waals surface area contributed by atoms with Gasteiger partial charge in [0.15, 0.2) is 0 Å². The van der Waals surface area contributed by atoms with E-state index in [1.54, 1.807) is 0 Å². The van der Waals surface area contributed by atoms with Gasteiger partial charge in [-0.15, -0.1) is 0 Å². The molecule has 12 aromatic carbocycles. The van der Waals surface area contributed by atoms with Gasteiger partial charge in [-0.1, -0.05) is 200 Å². The summed E-state index contributed by atoms with van der Waals surface area (Å²) in [6, 6.07) is 81.0. The molecule has 0 aliphatic rings. The summed E-state index contributed by atoms with van der Waals surface area (Å²) < 4.78 is 0. The van der Waals surface area contributed by atoms with Gasteiger partial charge in [-0.25, -0.2) is 0 Å². The second-order valence-electron chi connectivity index (χ2n) is 15.5. The summed E-state index contributed by atoms with van der Waals surface area (Å²) in [5.74, 6) is 0. The average Bonchev–Trinajstić information content (AvgIpc) is 3.30. The molecule has 0 spiro atoms.